The Morgan fingerprint density at radius 1 is 1.28 bits per heavy atom. The van der Waals surface area contributed by atoms with Gasteiger partial charge in [0.25, 0.3) is 0 Å². The highest BCUT2D eigenvalue weighted by Gasteiger charge is 2.31. The summed E-state index contributed by atoms with van der Waals surface area (Å²) in [6, 6.07) is 9.48. The molecule has 1 saturated heterocycles. The third kappa shape index (κ3) is 5.19. The molecule has 134 valence electrons. The van der Waals surface area contributed by atoms with E-state index in [-0.39, 0.29) is 35.9 Å². The number of hydrogen-bond acceptors (Lipinski definition) is 4. The number of carbonyl (C=O) groups excluding carboxylic acids is 3. The Morgan fingerprint density at radius 2 is 1.92 bits per heavy atom. The molecule has 2 rings (SSSR count). The first-order valence-corrected chi connectivity index (χ1v) is 9.20. The predicted octanol–water partition coefficient (Wildman–Crippen LogP) is 2.90. The fourth-order valence-corrected chi connectivity index (χ4v) is 3.22. The van der Waals surface area contributed by atoms with Gasteiger partial charge in [-0.2, -0.15) is 0 Å². The standard InChI is InChI=1S/C19H24N2O3S/c1-13(14-8-6-5-7-9-14)20-16(23)11-21-17(24)12-25-18(21)10-15(22)19(2,3)4/h5-10,13H,11-12H2,1-4H3,(H,20,23)/b18-10-. The number of hydrogen-bond donors (Lipinski definition) is 1. The molecule has 0 saturated carbocycles. The average Bonchev–Trinajstić information content (AvgIpc) is 2.88. The molecule has 1 atom stereocenters. The molecule has 1 heterocycles. The molecule has 0 aliphatic carbocycles. The molecule has 1 fully saturated rings. The molecular formula is C19H24N2O3S. The minimum atomic E-state index is -0.519. The second-order valence-electron chi connectivity index (χ2n) is 7.07. The Labute approximate surface area is 152 Å². The monoisotopic (exact) mass is 360 g/mol. The van der Waals surface area contributed by atoms with Crippen molar-refractivity contribution in [2.75, 3.05) is 12.3 Å². The second kappa shape index (κ2) is 7.87. The van der Waals surface area contributed by atoms with E-state index in [4.69, 9.17) is 0 Å². The summed E-state index contributed by atoms with van der Waals surface area (Å²) in [6.07, 6.45) is 1.48. The van der Waals surface area contributed by atoms with Crippen LogP contribution in [0.2, 0.25) is 0 Å². The van der Waals surface area contributed by atoms with Gasteiger partial charge in [0.1, 0.15) is 6.54 Å². The van der Waals surface area contributed by atoms with Gasteiger partial charge in [0, 0.05) is 11.5 Å². The zero-order valence-electron chi connectivity index (χ0n) is 15.0. The first-order chi connectivity index (χ1) is 11.7. The number of rotatable bonds is 5. The lowest BCUT2D eigenvalue weighted by atomic mass is 9.91. The number of ketones is 1. The smallest absolute Gasteiger partial charge is 0.240 e. The summed E-state index contributed by atoms with van der Waals surface area (Å²) in [7, 11) is 0. The van der Waals surface area contributed by atoms with Crippen molar-refractivity contribution in [2.24, 2.45) is 5.41 Å². The second-order valence-corrected chi connectivity index (χ2v) is 8.06. The fraction of sp³-hybridized carbons (Fsp3) is 0.421. The maximum atomic E-state index is 12.3. The molecule has 25 heavy (non-hydrogen) atoms. The van der Waals surface area contributed by atoms with Gasteiger partial charge < -0.3 is 5.32 Å². The van der Waals surface area contributed by atoms with Crippen LogP contribution < -0.4 is 5.32 Å². The van der Waals surface area contributed by atoms with E-state index in [2.05, 4.69) is 5.32 Å². The van der Waals surface area contributed by atoms with Gasteiger partial charge in [-0.15, -0.1) is 0 Å². The van der Waals surface area contributed by atoms with Crippen molar-refractivity contribution in [3.63, 3.8) is 0 Å². The fourth-order valence-electron chi connectivity index (χ4n) is 2.28. The Kier molecular flexibility index (Phi) is 6.06. The SMILES string of the molecule is CC(NC(=O)CN1C(=O)CS/C1=C\C(=O)C(C)(C)C)c1ccccc1. The summed E-state index contributed by atoms with van der Waals surface area (Å²) in [5, 5.41) is 3.44. The molecule has 5 nitrogen and oxygen atoms in total. The van der Waals surface area contributed by atoms with Gasteiger partial charge in [0.15, 0.2) is 5.78 Å². The summed E-state index contributed by atoms with van der Waals surface area (Å²) in [6.45, 7) is 7.30. The summed E-state index contributed by atoms with van der Waals surface area (Å²) in [5.41, 5.74) is 0.478. The molecule has 0 spiro atoms. The number of thioether (sulfide) groups is 1. The van der Waals surface area contributed by atoms with Crippen LogP contribution in [0, 0.1) is 5.41 Å². The molecule has 0 bridgehead atoms. The highest BCUT2D eigenvalue weighted by Crippen LogP contribution is 2.30. The average molecular weight is 360 g/mol. The summed E-state index contributed by atoms with van der Waals surface area (Å²) in [5.74, 6) is -0.209. The van der Waals surface area contributed by atoms with Crippen LogP contribution >= 0.6 is 11.8 Å². The van der Waals surface area contributed by atoms with E-state index in [1.165, 1.54) is 22.7 Å². The molecule has 0 aromatic heterocycles. The van der Waals surface area contributed by atoms with E-state index >= 15 is 0 Å². The molecule has 1 aliphatic rings. The van der Waals surface area contributed by atoms with Crippen LogP contribution in [0.4, 0.5) is 0 Å². The Morgan fingerprint density at radius 3 is 2.52 bits per heavy atom. The topological polar surface area (TPSA) is 66.5 Å². The Bertz CT molecular complexity index is 692. The number of benzene rings is 1. The van der Waals surface area contributed by atoms with Crippen molar-refractivity contribution >= 4 is 29.4 Å². The molecule has 2 amide bonds. The number of nitrogens with one attached hydrogen (secondary N) is 1. The molecule has 1 aromatic carbocycles. The molecule has 1 aromatic rings. The zero-order chi connectivity index (χ0) is 18.6. The lowest BCUT2D eigenvalue weighted by molar-refractivity contribution is -0.131. The zero-order valence-corrected chi connectivity index (χ0v) is 15.9. The third-order valence-corrected chi connectivity index (χ3v) is 4.91. The number of carbonyl (C=O) groups is 3. The molecule has 1 N–H and O–H groups in total. The molecule has 6 heteroatoms. The lowest BCUT2D eigenvalue weighted by Crippen LogP contribution is -2.38. The number of nitrogens with zero attached hydrogens (tertiary/aromatic N) is 1. The van der Waals surface area contributed by atoms with E-state index in [0.29, 0.717) is 5.03 Å². The van der Waals surface area contributed by atoms with Crippen LogP contribution in [0.15, 0.2) is 41.4 Å². The highest BCUT2D eigenvalue weighted by atomic mass is 32.2. The van der Waals surface area contributed by atoms with Crippen molar-refractivity contribution in [1.29, 1.82) is 0 Å². The van der Waals surface area contributed by atoms with Crippen LogP contribution in [0.5, 0.6) is 0 Å². The van der Waals surface area contributed by atoms with E-state index in [1.807, 2.05) is 58.0 Å². The van der Waals surface area contributed by atoms with E-state index in [1.54, 1.807) is 0 Å². The minimum absolute atomic E-state index is 0.0623. The molecular weight excluding hydrogens is 336 g/mol. The quantitative estimate of drug-likeness (QED) is 0.820. The van der Waals surface area contributed by atoms with Crippen LogP contribution in [0.25, 0.3) is 0 Å². The van der Waals surface area contributed by atoms with E-state index < -0.39 is 5.41 Å². The minimum Gasteiger partial charge on any atom is -0.348 e. The van der Waals surface area contributed by atoms with Gasteiger partial charge >= 0.3 is 0 Å². The molecule has 1 unspecified atom stereocenters. The normalized spacial score (nSPS) is 17.7. The van der Waals surface area contributed by atoms with E-state index in [0.717, 1.165) is 5.56 Å². The maximum absolute atomic E-state index is 12.3. The van der Waals surface area contributed by atoms with Gasteiger partial charge in [-0.05, 0) is 12.5 Å². The predicted molar refractivity (Wildman–Crippen MR) is 99.7 cm³/mol. The maximum Gasteiger partial charge on any atom is 0.240 e. The van der Waals surface area contributed by atoms with E-state index in [9.17, 15) is 14.4 Å². The Hall–Kier alpha value is -2.08. The van der Waals surface area contributed by atoms with Crippen LogP contribution in [-0.4, -0.2) is 34.8 Å². The van der Waals surface area contributed by atoms with Crippen molar-refractivity contribution in [1.82, 2.24) is 10.2 Å². The molecule has 0 radical (unpaired) electrons. The largest absolute Gasteiger partial charge is 0.348 e. The first kappa shape index (κ1) is 19.2. The lowest BCUT2D eigenvalue weighted by Gasteiger charge is -2.20. The van der Waals surface area contributed by atoms with Crippen LogP contribution in [0.3, 0.4) is 0 Å². The first-order valence-electron chi connectivity index (χ1n) is 8.22. The van der Waals surface area contributed by atoms with Crippen molar-refractivity contribution in [3.05, 3.63) is 47.0 Å². The van der Waals surface area contributed by atoms with Crippen molar-refractivity contribution < 1.29 is 14.4 Å². The van der Waals surface area contributed by atoms with Gasteiger partial charge in [0.2, 0.25) is 11.8 Å². The van der Waals surface area contributed by atoms with Gasteiger partial charge in [0.05, 0.1) is 16.8 Å². The third-order valence-electron chi connectivity index (χ3n) is 3.88. The van der Waals surface area contributed by atoms with Crippen molar-refractivity contribution in [2.45, 2.75) is 33.7 Å². The van der Waals surface area contributed by atoms with Crippen LogP contribution in [0.1, 0.15) is 39.3 Å². The summed E-state index contributed by atoms with van der Waals surface area (Å²) >= 11 is 1.30. The Balaban J connectivity index is 2.04. The number of amides is 2. The van der Waals surface area contributed by atoms with Crippen molar-refractivity contribution in [3.8, 4) is 0 Å². The van der Waals surface area contributed by atoms with Gasteiger partial charge in [-0.1, -0.05) is 62.9 Å². The van der Waals surface area contributed by atoms with Gasteiger partial charge in [-0.25, -0.2) is 0 Å². The summed E-state index contributed by atoms with van der Waals surface area (Å²) in [4.78, 5) is 38.0. The highest BCUT2D eigenvalue weighted by molar-refractivity contribution is 8.04. The summed E-state index contributed by atoms with van der Waals surface area (Å²) < 4.78 is 0. The van der Waals surface area contributed by atoms with Gasteiger partial charge in [-0.3, -0.25) is 19.3 Å². The molecule has 1 aliphatic heterocycles. The number of allylic oxidation sites excluding steroid dienone is 1. The van der Waals surface area contributed by atoms with Crippen LogP contribution in [-0.2, 0) is 14.4 Å².